The van der Waals surface area contributed by atoms with E-state index >= 15 is 0 Å². The molecule has 15 heteroatoms. The largest absolute Gasteiger partial charge is 0.380 e. The number of amides is 2. The number of fused-ring (bicyclic) bond motifs is 1. The number of hydrogen-bond acceptors (Lipinski definition) is 9. The molecule has 1 aromatic carbocycles. The number of aliphatic hydroxyl groups is 1. The van der Waals surface area contributed by atoms with Crippen molar-refractivity contribution >= 4 is 40.1 Å². The number of nitrogens with one attached hydrogen (secondary N) is 1. The number of hydrogen-bond donors (Lipinski definition) is 3. The third-order valence-corrected chi connectivity index (χ3v) is 6.45. The second-order valence-electron chi connectivity index (χ2n) is 9.05. The molecule has 1 aliphatic rings. The number of ether oxygens (including phenoxy) is 1. The van der Waals surface area contributed by atoms with Crippen LogP contribution in [0.25, 0.3) is 16.7 Å². The molecule has 4 aromatic rings. The summed E-state index contributed by atoms with van der Waals surface area (Å²) in [6.07, 6.45) is -0.957. The quantitative estimate of drug-likeness (QED) is 0.327. The van der Waals surface area contributed by atoms with Crippen LogP contribution in [0.5, 0.6) is 0 Å². The predicted octanol–water partition coefficient (Wildman–Crippen LogP) is 1.58. The molecule has 204 valence electrons. The SMILES string of the molecule is Cc1cc(N2CCOC(C)(C(O)C(=O)Nc3ccc4c(N)noc4c3)C2=O)nn1-c1ccc(=O)n(C(F)F)c1. The number of nitrogens with two attached hydrogens (primary N) is 1. The lowest BCUT2D eigenvalue weighted by molar-refractivity contribution is -0.170. The first-order valence-electron chi connectivity index (χ1n) is 11.7. The number of nitrogen functional groups attached to an aromatic ring is 1. The van der Waals surface area contributed by atoms with Crippen LogP contribution in [0.4, 0.5) is 26.1 Å². The molecule has 13 nitrogen and oxygen atoms in total. The Morgan fingerprint density at radius 3 is 2.74 bits per heavy atom. The second-order valence-corrected chi connectivity index (χ2v) is 9.05. The Kier molecular flexibility index (Phi) is 6.40. The fraction of sp³-hybridized carbons (Fsp3) is 0.292. The van der Waals surface area contributed by atoms with E-state index in [9.17, 15) is 28.3 Å². The van der Waals surface area contributed by atoms with E-state index in [2.05, 4.69) is 15.6 Å². The minimum atomic E-state index is -3.04. The van der Waals surface area contributed by atoms with Crippen molar-refractivity contribution < 1.29 is 32.7 Å². The van der Waals surface area contributed by atoms with Gasteiger partial charge in [0, 0.05) is 35.8 Å². The highest BCUT2D eigenvalue weighted by atomic mass is 19.3. The van der Waals surface area contributed by atoms with Crippen molar-refractivity contribution in [2.24, 2.45) is 0 Å². The molecule has 1 saturated heterocycles. The molecule has 3 aromatic heterocycles. The van der Waals surface area contributed by atoms with Gasteiger partial charge in [-0.25, -0.2) is 4.68 Å². The number of alkyl halides is 2. The number of benzene rings is 1. The molecule has 0 saturated carbocycles. The van der Waals surface area contributed by atoms with Crippen LogP contribution in [0.1, 0.15) is 19.2 Å². The number of morpholine rings is 1. The zero-order valence-corrected chi connectivity index (χ0v) is 20.7. The average Bonchev–Trinajstić information content (AvgIpc) is 3.47. The summed E-state index contributed by atoms with van der Waals surface area (Å²) >= 11 is 0. The molecular weight excluding hydrogens is 520 g/mol. The molecule has 0 aliphatic carbocycles. The summed E-state index contributed by atoms with van der Waals surface area (Å²) in [4.78, 5) is 39.4. The summed E-state index contributed by atoms with van der Waals surface area (Å²) in [6.45, 7) is -0.0938. The number of aromatic nitrogens is 4. The van der Waals surface area contributed by atoms with E-state index in [-0.39, 0.29) is 40.7 Å². The monoisotopic (exact) mass is 543 g/mol. The molecule has 1 fully saturated rings. The van der Waals surface area contributed by atoms with Crippen molar-refractivity contribution in [3.05, 3.63) is 58.6 Å². The van der Waals surface area contributed by atoms with E-state index in [0.29, 0.717) is 16.7 Å². The zero-order chi connectivity index (χ0) is 28.1. The Balaban J connectivity index is 1.38. The van der Waals surface area contributed by atoms with Gasteiger partial charge in [-0.1, -0.05) is 5.16 Å². The van der Waals surface area contributed by atoms with Crippen molar-refractivity contribution in [3.63, 3.8) is 0 Å². The molecule has 2 atom stereocenters. The number of nitrogens with zero attached hydrogens (tertiary/aromatic N) is 5. The summed E-state index contributed by atoms with van der Waals surface area (Å²) in [5.74, 6) is -1.32. The van der Waals surface area contributed by atoms with Crippen molar-refractivity contribution in [2.75, 3.05) is 29.1 Å². The number of carbonyl (C=O) groups is 2. The normalized spacial score (nSPS) is 18.6. The predicted molar refractivity (Wildman–Crippen MR) is 134 cm³/mol. The number of rotatable bonds is 6. The van der Waals surface area contributed by atoms with E-state index in [1.165, 1.54) is 40.8 Å². The highest BCUT2D eigenvalue weighted by molar-refractivity contribution is 6.06. The van der Waals surface area contributed by atoms with Gasteiger partial charge in [-0.2, -0.15) is 8.78 Å². The van der Waals surface area contributed by atoms with Crippen molar-refractivity contribution in [1.82, 2.24) is 19.5 Å². The smallest absolute Gasteiger partial charge is 0.321 e. The first-order chi connectivity index (χ1) is 18.5. The van der Waals surface area contributed by atoms with Crippen LogP contribution in [0, 0.1) is 6.92 Å². The summed E-state index contributed by atoms with van der Waals surface area (Å²) in [7, 11) is 0. The standard InChI is InChI=1S/C24H23F2N7O6/c1-12-9-17(29-33(12)14-4-6-18(34)32(11-14)23(25)26)31-7-8-38-24(2,22(31)37)19(35)21(36)28-13-3-5-15-16(10-13)39-30-20(15)27/h3-6,9-11,19,23,35H,7-8H2,1-2H3,(H2,27,30)(H,28,36). The number of carbonyl (C=O) groups excluding carboxylic acids is 2. The molecule has 2 amide bonds. The van der Waals surface area contributed by atoms with E-state index in [4.69, 9.17) is 15.0 Å². The minimum Gasteiger partial charge on any atom is -0.380 e. The number of anilines is 3. The van der Waals surface area contributed by atoms with Crippen LogP contribution in [0.15, 0.2) is 51.9 Å². The molecule has 4 N–H and O–H groups in total. The lowest BCUT2D eigenvalue weighted by Crippen LogP contribution is -2.63. The van der Waals surface area contributed by atoms with E-state index < -0.39 is 35.6 Å². The van der Waals surface area contributed by atoms with Gasteiger partial charge in [0.1, 0.15) is 0 Å². The highest BCUT2D eigenvalue weighted by Gasteiger charge is 2.51. The van der Waals surface area contributed by atoms with Gasteiger partial charge in [-0.15, -0.1) is 5.10 Å². The third-order valence-electron chi connectivity index (χ3n) is 6.45. The Labute approximate surface area is 218 Å². The van der Waals surface area contributed by atoms with Gasteiger partial charge >= 0.3 is 6.55 Å². The molecule has 0 spiro atoms. The van der Waals surface area contributed by atoms with Gasteiger partial charge < -0.3 is 25.4 Å². The van der Waals surface area contributed by atoms with Crippen molar-refractivity contribution in [2.45, 2.75) is 32.1 Å². The van der Waals surface area contributed by atoms with Crippen LogP contribution < -0.4 is 21.5 Å². The Bertz CT molecular complexity index is 1650. The molecular formula is C24H23F2N7O6. The van der Waals surface area contributed by atoms with Crippen molar-refractivity contribution in [1.29, 1.82) is 0 Å². The highest BCUT2D eigenvalue weighted by Crippen LogP contribution is 2.30. The lowest BCUT2D eigenvalue weighted by atomic mass is 9.94. The van der Waals surface area contributed by atoms with Crippen LogP contribution >= 0.6 is 0 Å². The number of pyridine rings is 1. The molecule has 0 radical (unpaired) electrons. The van der Waals surface area contributed by atoms with E-state index in [1.54, 1.807) is 13.0 Å². The summed E-state index contributed by atoms with van der Waals surface area (Å²) in [6, 6.07) is 8.44. The zero-order valence-electron chi connectivity index (χ0n) is 20.7. The third kappa shape index (κ3) is 4.51. The summed E-state index contributed by atoms with van der Waals surface area (Å²) in [5.41, 5.74) is 4.08. The van der Waals surface area contributed by atoms with Gasteiger partial charge in [-0.3, -0.25) is 23.9 Å². The summed E-state index contributed by atoms with van der Waals surface area (Å²) in [5, 5.41) is 21.9. The molecule has 2 unspecified atom stereocenters. The molecule has 4 heterocycles. The lowest BCUT2D eigenvalue weighted by Gasteiger charge is -2.40. The molecule has 39 heavy (non-hydrogen) atoms. The maximum absolute atomic E-state index is 13.5. The van der Waals surface area contributed by atoms with Gasteiger partial charge in [0.05, 0.1) is 24.2 Å². The fourth-order valence-electron chi connectivity index (χ4n) is 4.31. The van der Waals surface area contributed by atoms with Crippen LogP contribution in [-0.4, -0.2) is 61.3 Å². The minimum absolute atomic E-state index is 0.0297. The topological polar surface area (TPSA) is 171 Å². The molecule has 0 bridgehead atoms. The summed E-state index contributed by atoms with van der Waals surface area (Å²) < 4.78 is 38.6. The molecule has 1 aliphatic heterocycles. The van der Waals surface area contributed by atoms with Crippen LogP contribution in [0.3, 0.4) is 0 Å². The Morgan fingerprint density at radius 1 is 1.23 bits per heavy atom. The first kappa shape index (κ1) is 26.0. The van der Waals surface area contributed by atoms with Gasteiger partial charge in [0.15, 0.2) is 28.9 Å². The maximum Gasteiger partial charge on any atom is 0.321 e. The Morgan fingerprint density at radius 2 is 2.00 bits per heavy atom. The molecule has 5 rings (SSSR count). The fourth-order valence-corrected chi connectivity index (χ4v) is 4.31. The van der Waals surface area contributed by atoms with Gasteiger partial charge in [0.25, 0.3) is 17.4 Å². The van der Waals surface area contributed by atoms with Crippen LogP contribution in [0.2, 0.25) is 0 Å². The number of aryl methyl sites for hydroxylation is 1. The first-order valence-corrected chi connectivity index (χ1v) is 11.7. The number of aliphatic hydroxyl groups excluding tert-OH is 1. The maximum atomic E-state index is 13.5. The Hall–Kier alpha value is -4.63. The average molecular weight is 543 g/mol. The van der Waals surface area contributed by atoms with Crippen LogP contribution in [-0.2, 0) is 14.3 Å². The van der Waals surface area contributed by atoms with Gasteiger partial charge in [0.2, 0.25) is 0 Å². The van der Waals surface area contributed by atoms with E-state index in [0.717, 1.165) is 12.3 Å². The van der Waals surface area contributed by atoms with Crippen molar-refractivity contribution in [3.8, 4) is 5.69 Å². The second kappa shape index (κ2) is 9.59. The van der Waals surface area contributed by atoms with E-state index in [1.807, 2.05) is 0 Å². The van der Waals surface area contributed by atoms with Gasteiger partial charge in [-0.05, 0) is 32.0 Å². The number of halogens is 2.